The highest BCUT2D eigenvalue weighted by molar-refractivity contribution is 5.55. The summed E-state index contributed by atoms with van der Waals surface area (Å²) in [5.41, 5.74) is 1.24. The van der Waals surface area contributed by atoms with Gasteiger partial charge in [0.2, 0.25) is 0 Å². The smallest absolute Gasteiger partial charge is 0.0362 e. The van der Waals surface area contributed by atoms with E-state index in [0.717, 1.165) is 6.42 Å². The van der Waals surface area contributed by atoms with Gasteiger partial charge in [0.25, 0.3) is 0 Å². The van der Waals surface area contributed by atoms with Crippen LogP contribution < -0.4 is 0 Å². The quantitative estimate of drug-likeness (QED) is 0.552. The van der Waals surface area contributed by atoms with Crippen LogP contribution in [-0.2, 0) is 0 Å². The average molecular weight is 167 g/mol. The van der Waals surface area contributed by atoms with E-state index in [2.05, 4.69) is 31.8 Å². The largest absolute Gasteiger partial charge is 0.266 e. The topological polar surface area (TPSA) is 12.4 Å². The van der Waals surface area contributed by atoms with Crippen molar-refractivity contribution in [1.82, 2.24) is 0 Å². The van der Waals surface area contributed by atoms with Crippen molar-refractivity contribution in [2.75, 3.05) is 0 Å². The lowest BCUT2D eigenvalue weighted by atomic mass is 10.1. The molecule has 0 rings (SSSR count). The Labute approximate surface area is 76.6 Å². The molecule has 12 heavy (non-hydrogen) atoms. The summed E-state index contributed by atoms with van der Waals surface area (Å²) in [4.78, 5) is 4.34. The number of hydrogen-bond acceptors (Lipinski definition) is 1. The Balaban J connectivity index is 4.16. The first-order valence-electron chi connectivity index (χ1n) is 4.93. The minimum atomic E-state index is 0.662. The number of nitrogens with zero attached hydrogens (tertiary/aromatic N) is 1. The van der Waals surface area contributed by atoms with Gasteiger partial charge < -0.3 is 0 Å². The van der Waals surface area contributed by atoms with Crippen molar-refractivity contribution in [3.63, 3.8) is 0 Å². The van der Waals surface area contributed by atoms with Crippen molar-refractivity contribution in [3.8, 4) is 0 Å². The summed E-state index contributed by atoms with van der Waals surface area (Å²) in [6.07, 6.45) is 7.65. The standard InChI is InChI=1S/C11H21N/c1-5-8-11(12-7-3)9-10(4)6-2/h7,9-10H,5-6,8H2,1-4H3/b11-9-,12-7-. The molecule has 0 saturated carbocycles. The predicted octanol–water partition coefficient (Wildman–Crippen LogP) is 3.81. The zero-order valence-electron chi connectivity index (χ0n) is 8.80. The van der Waals surface area contributed by atoms with Crippen LogP contribution in [0.5, 0.6) is 0 Å². The lowest BCUT2D eigenvalue weighted by Gasteiger charge is -2.04. The SMILES string of the molecule is C/C=N\C(=C/C(C)CC)CCC. The van der Waals surface area contributed by atoms with Crippen LogP contribution in [0.4, 0.5) is 0 Å². The van der Waals surface area contributed by atoms with Gasteiger partial charge in [0, 0.05) is 11.9 Å². The second-order valence-electron chi connectivity index (χ2n) is 3.18. The number of allylic oxidation sites excluding steroid dienone is 2. The van der Waals surface area contributed by atoms with E-state index in [9.17, 15) is 0 Å². The molecule has 0 aromatic heterocycles. The minimum absolute atomic E-state index is 0.662. The molecule has 0 aromatic rings. The van der Waals surface area contributed by atoms with Crippen LogP contribution in [0.2, 0.25) is 0 Å². The summed E-state index contributed by atoms with van der Waals surface area (Å²) in [5.74, 6) is 0.662. The molecule has 0 heterocycles. The predicted molar refractivity (Wildman–Crippen MR) is 56.6 cm³/mol. The Kier molecular flexibility index (Phi) is 6.73. The van der Waals surface area contributed by atoms with Gasteiger partial charge in [0.15, 0.2) is 0 Å². The van der Waals surface area contributed by atoms with Gasteiger partial charge in [-0.05, 0) is 19.3 Å². The molecule has 0 saturated heterocycles. The van der Waals surface area contributed by atoms with Gasteiger partial charge in [-0.3, -0.25) is 4.99 Å². The van der Waals surface area contributed by atoms with E-state index in [-0.39, 0.29) is 0 Å². The molecule has 70 valence electrons. The van der Waals surface area contributed by atoms with Crippen LogP contribution in [0.3, 0.4) is 0 Å². The highest BCUT2D eigenvalue weighted by Crippen LogP contribution is 2.12. The first-order valence-corrected chi connectivity index (χ1v) is 4.93. The Morgan fingerprint density at radius 2 is 2.08 bits per heavy atom. The maximum Gasteiger partial charge on any atom is 0.0362 e. The van der Waals surface area contributed by atoms with Crippen molar-refractivity contribution >= 4 is 6.21 Å². The third-order valence-electron chi connectivity index (χ3n) is 1.92. The molecule has 1 unspecified atom stereocenters. The molecule has 0 aliphatic carbocycles. The maximum atomic E-state index is 4.34. The first kappa shape index (κ1) is 11.4. The van der Waals surface area contributed by atoms with Crippen molar-refractivity contribution in [1.29, 1.82) is 0 Å². The average Bonchev–Trinajstić information content (AvgIpc) is 2.05. The fraction of sp³-hybridized carbons (Fsp3) is 0.727. The molecule has 0 fully saturated rings. The third kappa shape index (κ3) is 5.11. The van der Waals surface area contributed by atoms with E-state index in [0.29, 0.717) is 5.92 Å². The summed E-state index contributed by atoms with van der Waals surface area (Å²) in [7, 11) is 0. The number of rotatable bonds is 5. The van der Waals surface area contributed by atoms with Crippen molar-refractivity contribution < 1.29 is 0 Å². The second kappa shape index (κ2) is 7.08. The van der Waals surface area contributed by atoms with Gasteiger partial charge >= 0.3 is 0 Å². The van der Waals surface area contributed by atoms with Gasteiger partial charge in [-0.2, -0.15) is 0 Å². The summed E-state index contributed by atoms with van der Waals surface area (Å²) in [6, 6.07) is 0. The molecular weight excluding hydrogens is 146 g/mol. The highest BCUT2D eigenvalue weighted by Gasteiger charge is 1.96. The molecule has 0 spiro atoms. The summed E-state index contributed by atoms with van der Waals surface area (Å²) in [5, 5.41) is 0. The van der Waals surface area contributed by atoms with Crippen LogP contribution in [0.1, 0.15) is 47.0 Å². The van der Waals surface area contributed by atoms with Crippen molar-refractivity contribution in [3.05, 3.63) is 11.8 Å². The van der Waals surface area contributed by atoms with Gasteiger partial charge in [-0.1, -0.05) is 39.7 Å². The molecule has 1 heteroatoms. The zero-order valence-corrected chi connectivity index (χ0v) is 8.80. The maximum absolute atomic E-state index is 4.34. The fourth-order valence-electron chi connectivity index (χ4n) is 1.06. The molecular formula is C11H21N. The Bertz CT molecular complexity index is 156. The zero-order chi connectivity index (χ0) is 9.40. The number of hydrogen-bond donors (Lipinski definition) is 0. The van der Waals surface area contributed by atoms with E-state index >= 15 is 0 Å². The lowest BCUT2D eigenvalue weighted by molar-refractivity contribution is 0.685. The fourth-order valence-corrected chi connectivity index (χ4v) is 1.06. The van der Waals surface area contributed by atoms with E-state index in [4.69, 9.17) is 0 Å². The summed E-state index contributed by atoms with van der Waals surface area (Å²) in [6.45, 7) is 8.61. The monoisotopic (exact) mass is 167 g/mol. The third-order valence-corrected chi connectivity index (χ3v) is 1.92. The van der Waals surface area contributed by atoms with Crippen LogP contribution in [0.25, 0.3) is 0 Å². The Morgan fingerprint density at radius 1 is 1.42 bits per heavy atom. The van der Waals surface area contributed by atoms with Crippen LogP contribution in [-0.4, -0.2) is 6.21 Å². The van der Waals surface area contributed by atoms with E-state index < -0.39 is 0 Å². The molecule has 0 bridgehead atoms. The first-order chi connectivity index (χ1) is 5.74. The van der Waals surface area contributed by atoms with E-state index in [1.54, 1.807) is 0 Å². The van der Waals surface area contributed by atoms with Crippen LogP contribution >= 0.6 is 0 Å². The molecule has 0 aliphatic heterocycles. The summed E-state index contributed by atoms with van der Waals surface area (Å²) < 4.78 is 0. The van der Waals surface area contributed by atoms with E-state index in [1.807, 2.05) is 13.1 Å². The highest BCUT2D eigenvalue weighted by atomic mass is 14.7. The van der Waals surface area contributed by atoms with Gasteiger partial charge in [-0.15, -0.1) is 0 Å². The molecule has 1 atom stereocenters. The molecule has 0 aromatic carbocycles. The number of aliphatic imine (C=N–C) groups is 1. The van der Waals surface area contributed by atoms with Gasteiger partial charge in [-0.25, -0.2) is 0 Å². The van der Waals surface area contributed by atoms with Crippen LogP contribution in [0.15, 0.2) is 16.8 Å². The second-order valence-corrected chi connectivity index (χ2v) is 3.18. The molecule has 1 nitrogen and oxygen atoms in total. The normalized spacial score (nSPS) is 15.5. The minimum Gasteiger partial charge on any atom is -0.266 e. The van der Waals surface area contributed by atoms with Crippen LogP contribution in [0, 0.1) is 5.92 Å². The van der Waals surface area contributed by atoms with Crippen molar-refractivity contribution in [2.45, 2.75) is 47.0 Å². The van der Waals surface area contributed by atoms with Gasteiger partial charge in [0.05, 0.1) is 0 Å². The molecule has 0 aliphatic rings. The molecule has 0 amide bonds. The van der Waals surface area contributed by atoms with Crippen molar-refractivity contribution in [2.24, 2.45) is 10.9 Å². The Hall–Kier alpha value is -0.590. The summed E-state index contributed by atoms with van der Waals surface area (Å²) >= 11 is 0. The van der Waals surface area contributed by atoms with E-state index in [1.165, 1.54) is 18.5 Å². The molecule has 0 N–H and O–H groups in total. The van der Waals surface area contributed by atoms with Gasteiger partial charge in [0.1, 0.15) is 0 Å². The Morgan fingerprint density at radius 3 is 2.50 bits per heavy atom. The molecule has 0 radical (unpaired) electrons. The lowest BCUT2D eigenvalue weighted by Crippen LogP contribution is -1.89.